The van der Waals surface area contributed by atoms with E-state index in [-0.39, 0.29) is 0 Å². The number of isothiocyanates is 1. The first kappa shape index (κ1) is 8.89. The molecule has 62 valence electrons. The van der Waals surface area contributed by atoms with Crippen molar-refractivity contribution in [3.8, 4) is 0 Å². The summed E-state index contributed by atoms with van der Waals surface area (Å²) in [5, 5.41) is 2.45. The van der Waals surface area contributed by atoms with Crippen molar-refractivity contribution in [1.82, 2.24) is 0 Å². The molecular formula is C9H15NS. The van der Waals surface area contributed by atoms with Crippen LogP contribution in [0, 0.1) is 5.41 Å². The van der Waals surface area contributed by atoms with E-state index in [1.807, 2.05) is 0 Å². The van der Waals surface area contributed by atoms with Crippen LogP contribution >= 0.6 is 12.2 Å². The van der Waals surface area contributed by atoms with Gasteiger partial charge >= 0.3 is 0 Å². The lowest BCUT2D eigenvalue weighted by atomic mass is 9.76. The SMILES string of the molecule is CC1(CN=C=S)CCCCC1. The maximum absolute atomic E-state index is 4.55. The highest BCUT2D eigenvalue weighted by molar-refractivity contribution is 7.78. The standard InChI is InChI=1S/C9H15NS/c1-9(7-10-8-11)5-3-2-4-6-9/h2-7H2,1H3. The first-order valence-electron chi connectivity index (χ1n) is 4.30. The molecule has 11 heavy (non-hydrogen) atoms. The molecule has 0 aromatic rings. The molecule has 1 aliphatic rings. The van der Waals surface area contributed by atoms with Gasteiger partial charge < -0.3 is 0 Å². The minimum atomic E-state index is 0.435. The molecule has 1 rings (SSSR count). The number of rotatable bonds is 2. The average Bonchev–Trinajstić information content (AvgIpc) is 2.03. The second-order valence-corrected chi connectivity index (χ2v) is 3.96. The van der Waals surface area contributed by atoms with Gasteiger partial charge in [0.1, 0.15) is 0 Å². The molecule has 0 amide bonds. The van der Waals surface area contributed by atoms with Gasteiger partial charge in [0, 0.05) is 0 Å². The van der Waals surface area contributed by atoms with Gasteiger partial charge in [-0.2, -0.15) is 0 Å². The zero-order valence-corrected chi connectivity index (χ0v) is 7.91. The van der Waals surface area contributed by atoms with Crippen LogP contribution < -0.4 is 0 Å². The summed E-state index contributed by atoms with van der Waals surface area (Å²) < 4.78 is 0. The average molecular weight is 169 g/mol. The monoisotopic (exact) mass is 169 g/mol. The topological polar surface area (TPSA) is 12.4 Å². The molecule has 0 bridgehead atoms. The van der Waals surface area contributed by atoms with Crippen molar-refractivity contribution < 1.29 is 0 Å². The van der Waals surface area contributed by atoms with E-state index in [4.69, 9.17) is 0 Å². The van der Waals surface area contributed by atoms with Crippen molar-refractivity contribution in [3.05, 3.63) is 0 Å². The zero-order chi connectivity index (χ0) is 8.16. The first-order valence-corrected chi connectivity index (χ1v) is 4.71. The summed E-state index contributed by atoms with van der Waals surface area (Å²) in [7, 11) is 0. The van der Waals surface area contributed by atoms with Crippen LogP contribution in [-0.2, 0) is 0 Å². The van der Waals surface area contributed by atoms with Crippen LogP contribution in [0.3, 0.4) is 0 Å². The largest absolute Gasteiger partial charge is 0.232 e. The summed E-state index contributed by atoms with van der Waals surface area (Å²) >= 11 is 4.55. The van der Waals surface area contributed by atoms with E-state index in [9.17, 15) is 0 Å². The van der Waals surface area contributed by atoms with Crippen LogP contribution in [-0.4, -0.2) is 11.7 Å². The van der Waals surface area contributed by atoms with Crippen LogP contribution in [0.15, 0.2) is 4.99 Å². The van der Waals surface area contributed by atoms with E-state index < -0.39 is 0 Å². The van der Waals surface area contributed by atoms with Gasteiger partial charge in [-0.25, -0.2) is 4.99 Å². The fourth-order valence-corrected chi connectivity index (χ4v) is 1.85. The van der Waals surface area contributed by atoms with Crippen molar-refractivity contribution in [2.24, 2.45) is 10.4 Å². The van der Waals surface area contributed by atoms with Gasteiger partial charge in [0.15, 0.2) is 0 Å². The molecule has 0 aromatic heterocycles. The van der Waals surface area contributed by atoms with Gasteiger partial charge in [-0.1, -0.05) is 26.2 Å². The molecule has 1 fully saturated rings. The Hall–Kier alpha value is -0.200. The highest BCUT2D eigenvalue weighted by Crippen LogP contribution is 2.35. The molecule has 0 aliphatic heterocycles. The van der Waals surface area contributed by atoms with Crippen molar-refractivity contribution in [2.45, 2.75) is 39.0 Å². The third kappa shape index (κ3) is 2.72. The first-order chi connectivity index (χ1) is 5.27. The van der Waals surface area contributed by atoms with E-state index >= 15 is 0 Å². The summed E-state index contributed by atoms with van der Waals surface area (Å²) in [6.45, 7) is 3.19. The Morgan fingerprint density at radius 3 is 2.55 bits per heavy atom. The quantitative estimate of drug-likeness (QED) is 0.457. The van der Waals surface area contributed by atoms with Crippen molar-refractivity contribution in [2.75, 3.05) is 6.54 Å². The minimum Gasteiger partial charge on any atom is -0.232 e. The minimum absolute atomic E-state index is 0.435. The summed E-state index contributed by atoms with van der Waals surface area (Å²) in [5.41, 5.74) is 0.435. The van der Waals surface area contributed by atoms with E-state index in [0.717, 1.165) is 6.54 Å². The number of nitrogens with zero attached hydrogens (tertiary/aromatic N) is 1. The summed E-state index contributed by atoms with van der Waals surface area (Å²) in [4.78, 5) is 4.03. The molecule has 2 heteroatoms. The highest BCUT2D eigenvalue weighted by atomic mass is 32.1. The van der Waals surface area contributed by atoms with E-state index in [1.54, 1.807) is 0 Å². The fraction of sp³-hybridized carbons (Fsp3) is 0.889. The normalized spacial score (nSPS) is 22.3. The van der Waals surface area contributed by atoms with E-state index in [0.29, 0.717) is 5.41 Å². The predicted octanol–water partition coefficient (Wildman–Crippen LogP) is 3.06. The Labute approximate surface area is 73.9 Å². The summed E-state index contributed by atoms with van der Waals surface area (Å²) in [5.74, 6) is 0. The van der Waals surface area contributed by atoms with Crippen molar-refractivity contribution >= 4 is 17.4 Å². The van der Waals surface area contributed by atoms with Gasteiger partial charge in [0.25, 0.3) is 0 Å². The van der Waals surface area contributed by atoms with Crippen LogP contribution in [0.2, 0.25) is 0 Å². The Morgan fingerprint density at radius 2 is 2.00 bits per heavy atom. The Balaban J connectivity index is 2.42. The molecular weight excluding hydrogens is 154 g/mol. The molecule has 0 spiro atoms. The fourth-order valence-electron chi connectivity index (χ4n) is 1.79. The van der Waals surface area contributed by atoms with Crippen molar-refractivity contribution in [3.63, 3.8) is 0 Å². The van der Waals surface area contributed by atoms with Gasteiger partial charge in [-0.05, 0) is 30.5 Å². The second kappa shape index (κ2) is 3.99. The molecule has 0 saturated heterocycles. The third-order valence-electron chi connectivity index (χ3n) is 2.59. The Morgan fingerprint density at radius 1 is 1.36 bits per heavy atom. The van der Waals surface area contributed by atoms with E-state index in [1.165, 1.54) is 32.1 Å². The van der Waals surface area contributed by atoms with Gasteiger partial charge in [-0.15, -0.1) is 0 Å². The number of hydrogen-bond acceptors (Lipinski definition) is 2. The number of hydrogen-bond donors (Lipinski definition) is 0. The van der Waals surface area contributed by atoms with Gasteiger partial charge in [0.2, 0.25) is 0 Å². The summed E-state index contributed by atoms with van der Waals surface area (Å²) in [6, 6.07) is 0. The van der Waals surface area contributed by atoms with Crippen LogP contribution in [0.1, 0.15) is 39.0 Å². The smallest absolute Gasteiger partial charge is 0.0585 e. The van der Waals surface area contributed by atoms with Crippen LogP contribution in [0.25, 0.3) is 0 Å². The van der Waals surface area contributed by atoms with Crippen molar-refractivity contribution in [1.29, 1.82) is 0 Å². The molecule has 0 aromatic carbocycles. The molecule has 1 saturated carbocycles. The molecule has 1 nitrogen and oxygen atoms in total. The highest BCUT2D eigenvalue weighted by Gasteiger charge is 2.25. The van der Waals surface area contributed by atoms with Crippen LogP contribution in [0.5, 0.6) is 0 Å². The van der Waals surface area contributed by atoms with Crippen LogP contribution in [0.4, 0.5) is 0 Å². The predicted molar refractivity (Wildman–Crippen MR) is 51.1 cm³/mol. The molecule has 0 atom stereocenters. The zero-order valence-electron chi connectivity index (χ0n) is 7.10. The lowest BCUT2D eigenvalue weighted by Gasteiger charge is -2.31. The second-order valence-electron chi connectivity index (χ2n) is 3.78. The number of aliphatic imine (C=N–C) groups is 1. The van der Waals surface area contributed by atoms with E-state index in [2.05, 4.69) is 29.3 Å². The molecule has 0 N–H and O–H groups in total. The molecule has 0 heterocycles. The Bertz CT molecular complexity index is 164. The lowest BCUT2D eigenvalue weighted by molar-refractivity contribution is 0.227. The van der Waals surface area contributed by atoms with Gasteiger partial charge in [0.05, 0.1) is 11.7 Å². The molecule has 1 aliphatic carbocycles. The molecule has 0 unspecified atom stereocenters. The number of thiocarbonyl (C=S) groups is 1. The lowest BCUT2D eigenvalue weighted by Crippen LogP contribution is -2.23. The summed E-state index contributed by atoms with van der Waals surface area (Å²) in [6.07, 6.45) is 6.75. The third-order valence-corrected chi connectivity index (χ3v) is 2.72. The maximum atomic E-state index is 4.55. The van der Waals surface area contributed by atoms with Gasteiger partial charge in [-0.3, -0.25) is 0 Å². The Kier molecular flexibility index (Phi) is 3.22. The molecule has 0 radical (unpaired) electrons. The maximum Gasteiger partial charge on any atom is 0.0585 e.